The number of rotatable bonds is 2. The average Bonchev–Trinajstić information content (AvgIpc) is 2.54. The van der Waals surface area contributed by atoms with E-state index in [2.05, 4.69) is 24.1 Å². The zero-order valence-electron chi connectivity index (χ0n) is 9.63. The van der Waals surface area contributed by atoms with Crippen LogP contribution in [-0.2, 0) is 0 Å². The molecule has 2 rings (SSSR count). The van der Waals surface area contributed by atoms with Gasteiger partial charge in [-0.15, -0.1) is 0 Å². The highest BCUT2D eigenvalue weighted by molar-refractivity contribution is 4.83. The third kappa shape index (κ3) is 2.71. The molecule has 2 heteroatoms. The van der Waals surface area contributed by atoms with Gasteiger partial charge in [-0.1, -0.05) is 12.8 Å². The summed E-state index contributed by atoms with van der Waals surface area (Å²) in [4.78, 5) is 2.67. The molecule has 1 heterocycles. The molecule has 1 saturated carbocycles. The van der Waals surface area contributed by atoms with E-state index in [0.29, 0.717) is 12.1 Å². The van der Waals surface area contributed by atoms with Crippen LogP contribution in [0, 0.1) is 5.92 Å². The zero-order valence-corrected chi connectivity index (χ0v) is 9.63. The molecule has 1 N–H and O–H groups in total. The lowest BCUT2D eigenvalue weighted by Gasteiger charge is -2.37. The van der Waals surface area contributed by atoms with Crippen LogP contribution in [0.1, 0.15) is 39.5 Å². The predicted molar refractivity (Wildman–Crippen MR) is 60.5 cm³/mol. The molecule has 0 bridgehead atoms. The molecule has 0 aromatic carbocycles. The Kier molecular flexibility index (Phi) is 3.45. The normalized spacial score (nSPS) is 36.4. The van der Waals surface area contributed by atoms with Crippen molar-refractivity contribution in [2.75, 3.05) is 19.6 Å². The second kappa shape index (κ2) is 4.63. The first-order valence-electron chi connectivity index (χ1n) is 6.22. The summed E-state index contributed by atoms with van der Waals surface area (Å²) in [6, 6.07) is 1.36. The van der Waals surface area contributed by atoms with Crippen molar-refractivity contribution in [2.24, 2.45) is 5.92 Å². The van der Waals surface area contributed by atoms with Gasteiger partial charge in [-0.2, -0.15) is 0 Å². The number of nitrogens with one attached hydrogen (secondary N) is 1. The van der Waals surface area contributed by atoms with Crippen LogP contribution in [0.25, 0.3) is 0 Å². The maximum atomic E-state index is 3.59. The molecule has 1 aliphatic carbocycles. The lowest BCUT2D eigenvalue weighted by molar-refractivity contribution is 0.151. The van der Waals surface area contributed by atoms with E-state index in [-0.39, 0.29) is 0 Å². The minimum Gasteiger partial charge on any atom is -0.309 e. The van der Waals surface area contributed by atoms with E-state index in [1.807, 2.05) is 0 Å². The summed E-state index contributed by atoms with van der Waals surface area (Å²) in [6.45, 7) is 8.46. The fourth-order valence-electron chi connectivity index (χ4n) is 3.15. The summed E-state index contributed by atoms with van der Waals surface area (Å²) in [6.07, 6.45) is 5.91. The van der Waals surface area contributed by atoms with E-state index in [0.717, 1.165) is 5.92 Å². The molecule has 2 fully saturated rings. The van der Waals surface area contributed by atoms with Gasteiger partial charge in [0.05, 0.1) is 0 Å². The topological polar surface area (TPSA) is 15.3 Å². The Morgan fingerprint density at radius 1 is 1.07 bits per heavy atom. The molecule has 14 heavy (non-hydrogen) atoms. The summed E-state index contributed by atoms with van der Waals surface area (Å²) >= 11 is 0. The first kappa shape index (κ1) is 10.4. The van der Waals surface area contributed by atoms with Crippen LogP contribution in [-0.4, -0.2) is 36.6 Å². The standard InChI is InChI=1S/C12H24N2/c1-10-7-14(8-11(2)13-10)9-12-5-3-4-6-12/h10-13H,3-9H2,1-2H3. The SMILES string of the molecule is CC1CN(CC2CCCC2)CC(C)N1. The molecule has 0 amide bonds. The highest BCUT2D eigenvalue weighted by Crippen LogP contribution is 2.25. The molecular formula is C12H24N2. The molecule has 1 aliphatic heterocycles. The molecule has 0 aromatic rings. The maximum absolute atomic E-state index is 3.59. The van der Waals surface area contributed by atoms with E-state index in [1.54, 1.807) is 0 Å². The van der Waals surface area contributed by atoms with Crippen LogP contribution in [0.5, 0.6) is 0 Å². The van der Waals surface area contributed by atoms with Crippen molar-refractivity contribution in [3.8, 4) is 0 Å². The Morgan fingerprint density at radius 3 is 2.21 bits per heavy atom. The van der Waals surface area contributed by atoms with Crippen LogP contribution in [0.15, 0.2) is 0 Å². The molecule has 0 aromatic heterocycles. The van der Waals surface area contributed by atoms with Crippen molar-refractivity contribution < 1.29 is 0 Å². The highest BCUT2D eigenvalue weighted by Gasteiger charge is 2.24. The molecule has 2 aliphatic rings. The minimum absolute atomic E-state index is 0.681. The molecule has 2 unspecified atom stereocenters. The van der Waals surface area contributed by atoms with Crippen LogP contribution in [0.2, 0.25) is 0 Å². The van der Waals surface area contributed by atoms with Crippen molar-refractivity contribution in [3.63, 3.8) is 0 Å². The fraction of sp³-hybridized carbons (Fsp3) is 1.00. The lowest BCUT2D eigenvalue weighted by atomic mass is 10.1. The Balaban J connectivity index is 1.78. The third-order valence-electron chi connectivity index (χ3n) is 3.62. The van der Waals surface area contributed by atoms with Crippen molar-refractivity contribution in [1.29, 1.82) is 0 Å². The molecule has 2 nitrogen and oxygen atoms in total. The minimum atomic E-state index is 0.681. The fourth-order valence-corrected chi connectivity index (χ4v) is 3.15. The van der Waals surface area contributed by atoms with Crippen molar-refractivity contribution >= 4 is 0 Å². The zero-order chi connectivity index (χ0) is 9.97. The quantitative estimate of drug-likeness (QED) is 0.725. The van der Waals surface area contributed by atoms with E-state index in [1.165, 1.54) is 45.3 Å². The van der Waals surface area contributed by atoms with E-state index in [9.17, 15) is 0 Å². The van der Waals surface area contributed by atoms with Crippen LogP contribution < -0.4 is 5.32 Å². The first-order valence-corrected chi connectivity index (χ1v) is 6.22. The van der Waals surface area contributed by atoms with Gasteiger partial charge < -0.3 is 5.32 Å². The van der Waals surface area contributed by atoms with Crippen molar-refractivity contribution in [1.82, 2.24) is 10.2 Å². The van der Waals surface area contributed by atoms with Gasteiger partial charge >= 0.3 is 0 Å². The summed E-state index contributed by atoms with van der Waals surface area (Å²) in [5, 5.41) is 3.59. The van der Waals surface area contributed by atoms with Crippen LogP contribution in [0.4, 0.5) is 0 Å². The second-order valence-electron chi connectivity index (χ2n) is 5.34. The van der Waals surface area contributed by atoms with Gasteiger partial charge in [0.2, 0.25) is 0 Å². The molecule has 82 valence electrons. The first-order chi connectivity index (χ1) is 6.74. The lowest BCUT2D eigenvalue weighted by Crippen LogP contribution is -2.54. The largest absolute Gasteiger partial charge is 0.309 e. The van der Waals surface area contributed by atoms with Crippen molar-refractivity contribution in [2.45, 2.75) is 51.6 Å². The van der Waals surface area contributed by atoms with E-state index >= 15 is 0 Å². The molecule has 0 spiro atoms. The molecule has 1 saturated heterocycles. The Morgan fingerprint density at radius 2 is 1.64 bits per heavy atom. The Hall–Kier alpha value is -0.0800. The highest BCUT2D eigenvalue weighted by atomic mass is 15.2. The summed E-state index contributed by atoms with van der Waals surface area (Å²) in [7, 11) is 0. The van der Waals surface area contributed by atoms with Gasteiger partial charge in [-0.25, -0.2) is 0 Å². The summed E-state index contributed by atoms with van der Waals surface area (Å²) in [5.41, 5.74) is 0. The van der Waals surface area contributed by atoms with Gasteiger partial charge in [-0.3, -0.25) is 4.90 Å². The van der Waals surface area contributed by atoms with E-state index in [4.69, 9.17) is 0 Å². The average molecular weight is 196 g/mol. The van der Waals surface area contributed by atoms with Gasteiger partial charge in [0.25, 0.3) is 0 Å². The van der Waals surface area contributed by atoms with Gasteiger partial charge in [0.1, 0.15) is 0 Å². The van der Waals surface area contributed by atoms with Crippen LogP contribution in [0.3, 0.4) is 0 Å². The predicted octanol–water partition coefficient (Wildman–Crippen LogP) is 1.86. The van der Waals surface area contributed by atoms with Gasteiger partial charge in [0, 0.05) is 31.7 Å². The number of hydrogen-bond donors (Lipinski definition) is 1. The summed E-state index contributed by atoms with van der Waals surface area (Å²) < 4.78 is 0. The smallest absolute Gasteiger partial charge is 0.0169 e. The second-order valence-corrected chi connectivity index (χ2v) is 5.34. The number of nitrogens with zero attached hydrogens (tertiary/aromatic N) is 1. The van der Waals surface area contributed by atoms with Gasteiger partial charge in [-0.05, 0) is 32.6 Å². The number of hydrogen-bond acceptors (Lipinski definition) is 2. The number of piperazine rings is 1. The van der Waals surface area contributed by atoms with Gasteiger partial charge in [0.15, 0.2) is 0 Å². The Labute approximate surface area is 88.1 Å². The Bertz CT molecular complexity index is 165. The monoisotopic (exact) mass is 196 g/mol. The molecular weight excluding hydrogens is 172 g/mol. The third-order valence-corrected chi connectivity index (χ3v) is 3.62. The van der Waals surface area contributed by atoms with Crippen LogP contribution >= 0.6 is 0 Å². The molecule has 2 atom stereocenters. The molecule has 0 radical (unpaired) electrons. The van der Waals surface area contributed by atoms with E-state index < -0.39 is 0 Å². The maximum Gasteiger partial charge on any atom is 0.0169 e. The summed E-state index contributed by atoms with van der Waals surface area (Å²) in [5.74, 6) is 1.01. The van der Waals surface area contributed by atoms with Crippen molar-refractivity contribution in [3.05, 3.63) is 0 Å².